The second-order valence-corrected chi connectivity index (χ2v) is 5.78. The Balaban J connectivity index is 2.61. The van der Waals surface area contributed by atoms with Crippen LogP contribution in [0, 0.1) is 11.8 Å². The van der Waals surface area contributed by atoms with E-state index in [1.807, 2.05) is 31.2 Å². The molecule has 1 rings (SSSR count). The molecule has 0 heterocycles. The Morgan fingerprint density at radius 2 is 2.10 bits per heavy atom. The topological polar surface area (TPSA) is 78.4 Å². The van der Waals surface area contributed by atoms with Crippen LogP contribution in [0.5, 0.6) is 0 Å². The van der Waals surface area contributed by atoms with Crippen LogP contribution in [0.3, 0.4) is 0 Å². The van der Waals surface area contributed by atoms with E-state index in [0.29, 0.717) is 13.0 Å². The first-order valence-corrected chi connectivity index (χ1v) is 7.98. The van der Waals surface area contributed by atoms with Crippen LogP contribution in [0.15, 0.2) is 24.3 Å². The zero-order valence-electron chi connectivity index (χ0n) is 11.5. The molecule has 110 valence electrons. The highest BCUT2D eigenvalue weighted by atomic mass is 32.2. The molecule has 0 bridgehead atoms. The molecule has 0 saturated heterocycles. The zero-order chi connectivity index (χ0) is 14.8. The molecule has 3 N–H and O–H groups in total. The Bertz CT molecular complexity index is 574. The van der Waals surface area contributed by atoms with Gasteiger partial charge in [0.1, 0.15) is 0 Å². The minimum Gasteiger partial charge on any atom is -0.395 e. The number of nitrogens with one attached hydrogen (secondary N) is 2. The van der Waals surface area contributed by atoms with E-state index in [0.717, 1.165) is 17.5 Å². The average molecular weight is 296 g/mol. The number of hydrogen-bond acceptors (Lipinski definition) is 3. The van der Waals surface area contributed by atoms with Crippen LogP contribution >= 0.6 is 0 Å². The molecule has 1 aromatic rings. The van der Waals surface area contributed by atoms with Gasteiger partial charge in [0.25, 0.3) is 10.2 Å². The third-order valence-corrected chi connectivity index (χ3v) is 3.51. The van der Waals surface area contributed by atoms with Crippen LogP contribution in [-0.4, -0.2) is 26.7 Å². The average Bonchev–Trinajstić information content (AvgIpc) is 2.44. The number of aliphatic hydroxyl groups is 1. The molecular formula is C14H20N2O3S. The molecule has 0 aromatic heterocycles. The van der Waals surface area contributed by atoms with Gasteiger partial charge >= 0.3 is 0 Å². The molecule has 0 aliphatic heterocycles. The predicted molar refractivity (Wildman–Crippen MR) is 79.1 cm³/mol. The Kier molecular flexibility index (Phi) is 7.26. The summed E-state index contributed by atoms with van der Waals surface area (Å²) in [7, 11) is -3.44. The van der Waals surface area contributed by atoms with E-state index >= 15 is 0 Å². The van der Waals surface area contributed by atoms with E-state index < -0.39 is 10.2 Å². The summed E-state index contributed by atoms with van der Waals surface area (Å²) in [6.07, 6.45) is 1.18. The first-order chi connectivity index (χ1) is 9.57. The van der Waals surface area contributed by atoms with Gasteiger partial charge in [0, 0.05) is 25.1 Å². The highest BCUT2D eigenvalue weighted by Gasteiger charge is 2.07. The standard InChI is InChI=1S/C14H20N2O3S/c1-2-9-15-20(18,19)16-12-14-8-5-7-13(11-14)6-3-4-10-17/h5,7-8,11,15-17H,2,4,9-10,12H2,1H3. The Hall–Kier alpha value is -1.39. The van der Waals surface area contributed by atoms with Gasteiger partial charge in [0.05, 0.1) is 6.61 Å². The van der Waals surface area contributed by atoms with E-state index in [9.17, 15) is 8.42 Å². The van der Waals surface area contributed by atoms with Crippen LogP contribution < -0.4 is 9.44 Å². The molecule has 0 spiro atoms. The fraction of sp³-hybridized carbons (Fsp3) is 0.429. The van der Waals surface area contributed by atoms with Gasteiger partial charge in [0.2, 0.25) is 0 Å². The molecule has 20 heavy (non-hydrogen) atoms. The third-order valence-electron chi connectivity index (χ3n) is 2.40. The van der Waals surface area contributed by atoms with Gasteiger partial charge in [-0.1, -0.05) is 30.9 Å². The highest BCUT2D eigenvalue weighted by molar-refractivity contribution is 7.87. The van der Waals surface area contributed by atoms with Crippen molar-refractivity contribution >= 4 is 10.2 Å². The minimum absolute atomic E-state index is 0.0373. The molecule has 0 aliphatic rings. The Labute approximate surface area is 120 Å². The van der Waals surface area contributed by atoms with Crippen molar-refractivity contribution in [3.8, 4) is 11.8 Å². The van der Waals surface area contributed by atoms with Crippen LogP contribution in [0.2, 0.25) is 0 Å². The van der Waals surface area contributed by atoms with Crippen molar-refractivity contribution in [2.24, 2.45) is 0 Å². The molecule has 6 heteroatoms. The molecule has 0 atom stereocenters. The van der Waals surface area contributed by atoms with Crippen LogP contribution in [0.4, 0.5) is 0 Å². The fourth-order valence-corrected chi connectivity index (χ4v) is 2.38. The number of aliphatic hydroxyl groups excluding tert-OH is 1. The largest absolute Gasteiger partial charge is 0.395 e. The van der Waals surface area contributed by atoms with Crippen molar-refractivity contribution in [1.82, 2.24) is 9.44 Å². The molecule has 1 aromatic carbocycles. The van der Waals surface area contributed by atoms with Gasteiger partial charge in [-0.3, -0.25) is 0 Å². The van der Waals surface area contributed by atoms with Crippen molar-refractivity contribution in [3.05, 3.63) is 35.4 Å². The summed E-state index contributed by atoms with van der Waals surface area (Å²) >= 11 is 0. The summed E-state index contributed by atoms with van der Waals surface area (Å²) in [5.41, 5.74) is 1.64. The van der Waals surface area contributed by atoms with Crippen molar-refractivity contribution in [2.45, 2.75) is 26.3 Å². The summed E-state index contributed by atoms with van der Waals surface area (Å²) < 4.78 is 28.1. The van der Waals surface area contributed by atoms with E-state index in [1.165, 1.54) is 0 Å². The summed E-state index contributed by atoms with van der Waals surface area (Å²) in [5.74, 6) is 5.74. The first kappa shape index (κ1) is 16.7. The molecule has 0 fully saturated rings. The van der Waals surface area contributed by atoms with E-state index in [1.54, 1.807) is 0 Å². The van der Waals surface area contributed by atoms with Gasteiger partial charge < -0.3 is 5.11 Å². The van der Waals surface area contributed by atoms with Gasteiger partial charge in [-0.25, -0.2) is 4.72 Å². The molecule has 5 nitrogen and oxygen atoms in total. The monoisotopic (exact) mass is 296 g/mol. The Morgan fingerprint density at radius 1 is 1.30 bits per heavy atom. The highest BCUT2D eigenvalue weighted by Crippen LogP contribution is 2.04. The maximum atomic E-state index is 11.6. The quantitative estimate of drug-likeness (QED) is 0.650. The van der Waals surface area contributed by atoms with Crippen LogP contribution in [0.25, 0.3) is 0 Å². The zero-order valence-corrected chi connectivity index (χ0v) is 12.3. The third kappa shape index (κ3) is 6.68. The molecule has 0 amide bonds. The lowest BCUT2D eigenvalue weighted by atomic mass is 10.1. The fourth-order valence-electron chi connectivity index (χ4n) is 1.45. The van der Waals surface area contributed by atoms with E-state index in [-0.39, 0.29) is 13.2 Å². The normalized spacial score (nSPS) is 10.9. The van der Waals surface area contributed by atoms with Crippen LogP contribution in [0.1, 0.15) is 30.9 Å². The SMILES string of the molecule is CCCNS(=O)(=O)NCc1cccc(C#CCCO)c1. The molecule has 0 radical (unpaired) electrons. The van der Waals surface area contributed by atoms with Crippen molar-refractivity contribution < 1.29 is 13.5 Å². The number of hydrogen-bond donors (Lipinski definition) is 3. The lowest BCUT2D eigenvalue weighted by Gasteiger charge is -2.07. The van der Waals surface area contributed by atoms with Crippen molar-refractivity contribution in [3.63, 3.8) is 0 Å². The maximum Gasteiger partial charge on any atom is 0.277 e. The van der Waals surface area contributed by atoms with Crippen LogP contribution in [-0.2, 0) is 16.8 Å². The molecule has 0 aliphatic carbocycles. The second kappa shape index (κ2) is 8.72. The maximum absolute atomic E-state index is 11.6. The van der Waals surface area contributed by atoms with Crippen molar-refractivity contribution in [1.29, 1.82) is 0 Å². The Morgan fingerprint density at radius 3 is 2.80 bits per heavy atom. The van der Waals surface area contributed by atoms with Gasteiger partial charge in [0.15, 0.2) is 0 Å². The predicted octanol–water partition coefficient (Wildman–Crippen LogP) is 0.754. The first-order valence-electron chi connectivity index (χ1n) is 6.50. The molecular weight excluding hydrogens is 276 g/mol. The second-order valence-electron chi connectivity index (χ2n) is 4.19. The van der Waals surface area contributed by atoms with Gasteiger partial charge in [-0.05, 0) is 24.1 Å². The molecule has 0 unspecified atom stereocenters. The lowest BCUT2D eigenvalue weighted by molar-refractivity contribution is 0.305. The smallest absolute Gasteiger partial charge is 0.277 e. The summed E-state index contributed by atoms with van der Waals surface area (Å²) in [6.45, 7) is 2.57. The van der Waals surface area contributed by atoms with Gasteiger partial charge in [-0.2, -0.15) is 13.1 Å². The van der Waals surface area contributed by atoms with E-state index in [2.05, 4.69) is 21.3 Å². The lowest BCUT2D eigenvalue weighted by Crippen LogP contribution is -2.36. The number of benzene rings is 1. The minimum atomic E-state index is -3.44. The number of rotatable bonds is 7. The molecule has 0 saturated carbocycles. The summed E-state index contributed by atoms with van der Waals surface area (Å²) in [5, 5.41) is 8.66. The van der Waals surface area contributed by atoms with Gasteiger partial charge in [-0.15, -0.1) is 0 Å². The summed E-state index contributed by atoms with van der Waals surface area (Å²) in [4.78, 5) is 0. The van der Waals surface area contributed by atoms with Crippen molar-refractivity contribution in [2.75, 3.05) is 13.2 Å². The summed E-state index contributed by atoms with van der Waals surface area (Å²) in [6, 6.07) is 7.33. The van der Waals surface area contributed by atoms with E-state index in [4.69, 9.17) is 5.11 Å².